The van der Waals surface area contributed by atoms with Crippen molar-refractivity contribution in [2.75, 3.05) is 6.54 Å². The number of carbonyl (C=O) groups excluding carboxylic acids is 1. The van der Waals surface area contributed by atoms with E-state index in [9.17, 15) is 4.79 Å². The van der Waals surface area contributed by atoms with E-state index in [0.717, 1.165) is 33.5 Å². The van der Waals surface area contributed by atoms with Crippen LogP contribution in [0.1, 0.15) is 24.0 Å². The van der Waals surface area contributed by atoms with E-state index >= 15 is 0 Å². The quantitative estimate of drug-likeness (QED) is 0.769. The third-order valence-electron chi connectivity index (χ3n) is 4.14. The van der Waals surface area contributed by atoms with Gasteiger partial charge in [0.05, 0.1) is 0 Å². The van der Waals surface area contributed by atoms with Crippen LogP contribution in [-0.2, 0) is 16.8 Å². The summed E-state index contributed by atoms with van der Waals surface area (Å²) in [5, 5.41) is 3.60. The fourth-order valence-electron chi connectivity index (χ4n) is 2.63. The van der Waals surface area contributed by atoms with Crippen molar-refractivity contribution in [2.45, 2.75) is 24.9 Å². The van der Waals surface area contributed by atoms with E-state index in [1.165, 1.54) is 0 Å². The molecule has 0 aromatic heterocycles. The third kappa shape index (κ3) is 4.06. The first-order valence-electron chi connectivity index (χ1n) is 7.49. The lowest BCUT2D eigenvalue weighted by Gasteiger charge is -2.18. The SMILES string of the molecule is O=C(NCC1(c2ccc(Br)cc2Cl)CC1)OCc1ccccc1. The molecule has 1 N–H and O–H groups in total. The summed E-state index contributed by atoms with van der Waals surface area (Å²) < 4.78 is 6.20. The molecule has 0 radical (unpaired) electrons. The maximum atomic E-state index is 11.9. The largest absolute Gasteiger partial charge is 0.445 e. The van der Waals surface area contributed by atoms with Crippen LogP contribution >= 0.6 is 27.5 Å². The molecule has 1 aliphatic carbocycles. The number of hydrogen-bond acceptors (Lipinski definition) is 2. The summed E-state index contributed by atoms with van der Waals surface area (Å²) >= 11 is 9.75. The second kappa shape index (κ2) is 6.93. The molecule has 1 aliphatic rings. The third-order valence-corrected chi connectivity index (χ3v) is 4.95. The van der Waals surface area contributed by atoms with Gasteiger partial charge in [0.2, 0.25) is 0 Å². The lowest BCUT2D eigenvalue weighted by atomic mass is 9.96. The van der Waals surface area contributed by atoms with Gasteiger partial charge < -0.3 is 10.1 Å². The molecule has 0 spiro atoms. The normalized spacial score (nSPS) is 15.0. The van der Waals surface area contributed by atoms with Crippen LogP contribution in [0.3, 0.4) is 0 Å². The van der Waals surface area contributed by atoms with Crippen molar-refractivity contribution >= 4 is 33.6 Å². The van der Waals surface area contributed by atoms with Crippen molar-refractivity contribution in [3.8, 4) is 0 Å². The number of hydrogen-bond donors (Lipinski definition) is 1. The Bertz CT molecular complexity index is 701. The zero-order valence-electron chi connectivity index (χ0n) is 12.5. The van der Waals surface area contributed by atoms with Crippen LogP contribution in [0.25, 0.3) is 0 Å². The monoisotopic (exact) mass is 393 g/mol. The Morgan fingerprint density at radius 1 is 1.22 bits per heavy atom. The standard InChI is InChI=1S/C18H17BrClNO2/c19-14-6-7-15(16(20)10-14)18(8-9-18)12-21-17(22)23-11-13-4-2-1-3-5-13/h1-7,10H,8-9,11-12H2,(H,21,22). The van der Waals surface area contributed by atoms with Gasteiger partial charge in [-0.1, -0.05) is 63.9 Å². The van der Waals surface area contributed by atoms with Crippen molar-refractivity contribution in [3.63, 3.8) is 0 Å². The second-order valence-electron chi connectivity index (χ2n) is 5.82. The Hall–Kier alpha value is -1.52. The van der Waals surface area contributed by atoms with Crippen LogP contribution in [0, 0.1) is 0 Å². The molecule has 0 atom stereocenters. The number of nitrogens with one attached hydrogen (secondary N) is 1. The van der Waals surface area contributed by atoms with Gasteiger partial charge in [-0.3, -0.25) is 0 Å². The smallest absolute Gasteiger partial charge is 0.407 e. The molecule has 2 aromatic carbocycles. The molecule has 23 heavy (non-hydrogen) atoms. The summed E-state index contributed by atoms with van der Waals surface area (Å²) in [5.41, 5.74) is 2.01. The highest BCUT2D eigenvalue weighted by atomic mass is 79.9. The summed E-state index contributed by atoms with van der Waals surface area (Å²) in [7, 11) is 0. The van der Waals surface area contributed by atoms with E-state index < -0.39 is 6.09 Å². The van der Waals surface area contributed by atoms with Crippen LogP contribution < -0.4 is 5.32 Å². The van der Waals surface area contributed by atoms with Crippen molar-refractivity contribution in [2.24, 2.45) is 0 Å². The molecule has 0 heterocycles. The molecule has 1 amide bonds. The van der Waals surface area contributed by atoms with E-state index in [2.05, 4.69) is 21.2 Å². The molecule has 2 aromatic rings. The van der Waals surface area contributed by atoms with Gasteiger partial charge in [-0.15, -0.1) is 0 Å². The van der Waals surface area contributed by atoms with Crippen LogP contribution in [0.2, 0.25) is 5.02 Å². The van der Waals surface area contributed by atoms with Gasteiger partial charge in [0.25, 0.3) is 0 Å². The molecule has 0 saturated heterocycles. The zero-order chi connectivity index (χ0) is 16.3. The van der Waals surface area contributed by atoms with E-state index in [-0.39, 0.29) is 12.0 Å². The van der Waals surface area contributed by atoms with Gasteiger partial charge in [-0.05, 0) is 36.1 Å². The Balaban J connectivity index is 1.54. The van der Waals surface area contributed by atoms with Gasteiger partial charge >= 0.3 is 6.09 Å². The maximum absolute atomic E-state index is 11.9. The average Bonchev–Trinajstić information content (AvgIpc) is 3.33. The molecule has 0 bridgehead atoms. The molecule has 1 saturated carbocycles. The van der Waals surface area contributed by atoms with Gasteiger partial charge in [0.1, 0.15) is 6.61 Å². The summed E-state index contributed by atoms with van der Waals surface area (Å²) in [4.78, 5) is 11.9. The molecule has 1 fully saturated rings. The first-order valence-corrected chi connectivity index (χ1v) is 8.66. The van der Waals surface area contributed by atoms with Crippen LogP contribution in [0.4, 0.5) is 4.79 Å². The van der Waals surface area contributed by atoms with Crippen molar-refractivity contribution < 1.29 is 9.53 Å². The predicted octanol–water partition coefficient (Wildman–Crippen LogP) is 5.06. The van der Waals surface area contributed by atoms with Crippen LogP contribution in [0.5, 0.6) is 0 Å². The Labute approximate surface area is 149 Å². The highest BCUT2D eigenvalue weighted by Gasteiger charge is 2.45. The number of carbonyl (C=O) groups is 1. The second-order valence-corrected chi connectivity index (χ2v) is 7.14. The molecular formula is C18H17BrClNO2. The highest BCUT2D eigenvalue weighted by molar-refractivity contribution is 9.10. The number of alkyl carbamates (subject to hydrolysis) is 1. The zero-order valence-corrected chi connectivity index (χ0v) is 14.9. The van der Waals surface area contributed by atoms with Gasteiger partial charge in [0.15, 0.2) is 0 Å². The molecule has 3 nitrogen and oxygen atoms in total. The lowest BCUT2D eigenvalue weighted by molar-refractivity contribution is 0.138. The minimum Gasteiger partial charge on any atom is -0.445 e. The van der Waals surface area contributed by atoms with Crippen LogP contribution in [0.15, 0.2) is 53.0 Å². The first-order chi connectivity index (χ1) is 11.1. The van der Waals surface area contributed by atoms with E-state index in [4.69, 9.17) is 16.3 Å². The van der Waals surface area contributed by atoms with Crippen molar-refractivity contribution in [1.82, 2.24) is 5.32 Å². The summed E-state index contributed by atoms with van der Waals surface area (Å²) in [6.07, 6.45) is 1.65. The lowest BCUT2D eigenvalue weighted by Crippen LogP contribution is -2.32. The van der Waals surface area contributed by atoms with E-state index in [1.807, 2.05) is 48.5 Å². The number of amides is 1. The predicted molar refractivity (Wildman–Crippen MR) is 94.7 cm³/mol. The maximum Gasteiger partial charge on any atom is 0.407 e. The number of rotatable bonds is 5. The van der Waals surface area contributed by atoms with Crippen molar-refractivity contribution in [3.05, 3.63) is 69.2 Å². The topological polar surface area (TPSA) is 38.3 Å². The summed E-state index contributed by atoms with van der Waals surface area (Å²) in [6.45, 7) is 0.820. The highest BCUT2D eigenvalue weighted by Crippen LogP contribution is 2.50. The average molecular weight is 395 g/mol. The number of halogens is 2. The molecular weight excluding hydrogens is 378 g/mol. The minimum absolute atomic E-state index is 0.0520. The molecule has 0 unspecified atom stereocenters. The Morgan fingerprint density at radius 3 is 2.61 bits per heavy atom. The van der Waals surface area contributed by atoms with E-state index in [1.54, 1.807) is 0 Å². The molecule has 0 aliphatic heterocycles. The summed E-state index contributed by atoms with van der Waals surface area (Å²) in [5.74, 6) is 0. The Morgan fingerprint density at radius 2 is 1.96 bits per heavy atom. The van der Waals surface area contributed by atoms with Crippen molar-refractivity contribution in [1.29, 1.82) is 0 Å². The molecule has 5 heteroatoms. The minimum atomic E-state index is -0.395. The number of benzene rings is 2. The molecule has 3 rings (SSSR count). The molecule has 120 valence electrons. The first kappa shape index (κ1) is 16.3. The number of ether oxygens (including phenoxy) is 1. The van der Waals surface area contributed by atoms with Gasteiger partial charge in [0, 0.05) is 21.5 Å². The fourth-order valence-corrected chi connectivity index (χ4v) is 3.50. The summed E-state index contributed by atoms with van der Waals surface area (Å²) in [6, 6.07) is 15.5. The van der Waals surface area contributed by atoms with Crippen LogP contribution in [-0.4, -0.2) is 12.6 Å². The van der Waals surface area contributed by atoms with Gasteiger partial charge in [-0.2, -0.15) is 0 Å². The van der Waals surface area contributed by atoms with E-state index in [0.29, 0.717) is 6.54 Å². The Kier molecular flexibility index (Phi) is 4.93. The fraction of sp³-hybridized carbons (Fsp3) is 0.278. The van der Waals surface area contributed by atoms with Gasteiger partial charge in [-0.25, -0.2) is 4.79 Å².